The fourth-order valence-corrected chi connectivity index (χ4v) is 2.98. The molecule has 0 aromatic carbocycles. The molecule has 0 radical (unpaired) electrons. The Morgan fingerprint density at radius 3 is 2.10 bits per heavy atom. The predicted octanol–water partition coefficient (Wildman–Crippen LogP) is 2.29. The number of hydrogen-bond acceptors (Lipinski definition) is 5. The molecule has 2 atom stereocenters. The quantitative estimate of drug-likeness (QED) is 0.550. The van der Waals surface area contributed by atoms with Gasteiger partial charge >= 0.3 is 12.1 Å². The van der Waals surface area contributed by atoms with Gasteiger partial charge in [-0.05, 0) is 40.4 Å². The third-order valence-corrected chi connectivity index (χ3v) is 3.46. The molecule has 0 saturated carbocycles. The molecule has 0 rings (SSSR count). The highest BCUT2D eigenvalue weighted by atomic mass is 28.4. The normalized spacial score (nSPS) is 14.3. The van der Waals surface area contributed by atoms with Crippen LogP contribution in [-0.2, 0) is 18.7 Å². The predicted molar refractivity (Wildman–Crippen MR) is 79.1 cm³/mol. The topological polar surface area (TPSA) is 73.9 Å². The van der Waals surface area contributed by atoms with Crippen molar-refractivity contribution in [2.24, 2.45) is 0 Å². The molecule has 0 bridgehead atoms. The molecule has 0 aliphatic heterocycles. The van der Waals surface area contributed by atoms with Crippen LogP contribution in [0.2, 0.25) is 19.6 Å². The average Bonchev–Trinajstić information content (AvgIpc) is 2.26. The second-order valence-electron chi connectivity index (χ2n) is 5.42. The molecule has 0 saturated heterocycles. The maximum absolute atomic E-state index is 11.6. The fraction of sp³-hybridized carbons (Fsp3) is 0.846. The SMILES string of the molecule is CCOC(=O)CC(NC(=O)OCC)C(C)O[Si](C)(C)C. The number of rotatable bonds is 8. The Balaban J connectivity index is 4.68. The lowest BCUT2D eigenvalue weighted by atomic mass is 10.1. The van der Waals surface area contributed by atoms with E-state index in [1.165, 1.54) is 0 Å². The molecule has 20 heavy (non-hydrogen) atoms. The first-order valence-corrected chi connectivity index (χ1v) is 10.4. The number of carbonyl (C=O) groups excluding carboxylic acids is 2. The molecule has 2 unspecified atom stereocenters. The molecular formula is C13H27NO5Si. The second kappa shape index (κ2) is 8.96. The molecule has 6 nitrogen and oxygen atoms in total. The molecular weight excluding hydrogens is 278 g/mol. The Labute approximate surface area is 122 Å². The highest BCUT2D eigenvalue weighted by molar-refractivity contribution is 6.69. The molecule has 1 N–H and O–H groups in total. The summed E-state index contributed by atoms with van der Waals surface area (Å²) in [5, 5.41) is 2.66. The molecule has 118 valence electrons. The zero-order chi connectivity index (χ0) is 15.8. The van der Waals surface area contributed by atoms with Crippen molar-refractivity contribution < 1.29 is 23.5 Å². The van der Waals surface area contributed by atoms with Crippen molar-refractivity contribution in [3.05, 3.63) is 0 Å². The summed E-state index contributed by atoms with van der Waals surface area (Å²) in [6.07, 6.45) is -0.763. The van der Waals surface area contributed by atoms with E-state index in [1.54, 1.807) is 13.8 Å². The van der Waals surface area contributed by atoms with Crippen molar-refractivity contribution in [3.8, 4) is 0 Å². The van der Waals surface area contributed by atoms with Gasteiger partial charge in [-0.2, -0.15) is 0 Å². The Kier molecular flexibility index (Phi) is 8.48. The molecule has 0 heterocycles. The van der Waals surface area contributed by atoms with E-state index in [0.717, 1.165) is 0 Å². The van der Waals surface area contributed by atoms with Gasteiger partial charge in [-0.25, -0.2) is 4.79 Å². The Bertz CT molecular complexity index is 296. The summed E-state index contributed by atoms with van der Waals surface area (Å²) in [5.41, 5.74) is 0. The van der Waals surface area contributed by atoms with Crippen LogP contribution >= 0.6 is 0 Å². The van der Waals surface area contributed by atoms with Gasteiger partial charge < -0.3 is 19.2 Å². The third kappa shape index (κ3) is 8.92. The Morgan fingerprint density at radius 1 is 1.10 bits per heavy atom. The van der Waals surface area contributed by atoms with Gasteiger partial charge in [0.1, 0.15) is 0 Å². The number of amides is 1. The minimum Gasteiger partial charge on any atom is -0.466 e. The smallest absolute Gasteiger partial charge is 0.407 e. The highest BCUT2D eigenvalue weighted by Gasteiger charge is 2.28. The molecule has 0 fully saturated rings. The van der Waals surface area contributed by atoms with Crippen LogP contribution in [0.1, 0.15) is 27.2 Å². The number of hydrogen-bond donors (Lipinski definition) is 1. The van der Waals surface area contributed by atoms with E-state index < -0.39 is 20.5 Å². The summed E-state index contributed by atoms with van der Waals surface area (Å²) in [6, 6.07) is -0.458. The molecule has 0 aromatic heterocycles. The summed E-state index contributed by atoms with van der Waals surface area (Å²) in [6.45, 7) is 12.1. The van der Waals surface area contributed by atoms with Gasteiger partial charge in [-0.15, -0.1) is 0 Å². The van der Waals surface area contributed by atoms with Gasteiger partial charge in [0.05, 0.1) is 31.8 Å². The first-order chi connectivity index (χ1) is 9.19. The van der Waals surface area contributed by atoms with Crippen molar-refractivity contribution in [2.45, 2.75) is 59.0 Å². The number of nitrogens with one attached hydrogen (secondary N) is 1. The summed E-state index contributed by atoms with van der Waals surface area (Å²) in [5.74, 6) is -0.361. The number of alkyl carbamates (subject to hydrolysis) is 1. The van der Waals surface area contributed by atoms with Crippen LogP contribution in [0.4, 0.5) is 4.79 Å². The van der Waals surface area contributed by atoms with Crippen molar-refractivity contribution in [1.29, 1.82) is 0 Å². The van der Waals surface area contributed by atoms with E-state index in [-0.39, 0.29) is 25.1 Å². The van der Waals surface area contributed by atoms with Crippen molar-refractivity contribution >= 4 is 20.4 Å². The molecule has 0 aliphatic carbocycles. The van der Waals surface area contributed by atoms with Gasteiger partial charge in [-0.1, -0.05) is 0 Å². The van der Waals surface area contributed by atoms with Gasteiger partial charge in [0.15, 0.2) is 8.32 Å². The zero-order valence-electron chi connectivity index (χ0n) is 13.3. The van der Waals surface area contributed by atoms with Crippen LogP contribution in [0.5, 0.6) is 0 Å². The standard InChI is InChI=1S/C13H27NO5Si/c1-7-17-12(15)9-11(14-13(16)18-8-2)10(3)19-20(4,5)6/h10-11H,7-9H2,1-6H3,(H,14,16). The molecule has 0 aliphatic rings. The second-order valence-corrected chi connectivity index (χ2v) is 9.88. The lowest BCUT2D eigenvalue weighted by Crippen LogP contribution is -2.48. The monoisotopic (exact) mass is 305 g/mol. The van der Waals surface area contributed by atoms with Crippen LogP contribution in [0.3, 0.4) is 0 Å². The molecule has 1 amide bonds. The summed E-state index contributed by atoms with van der Waals surface area (Å²) < 4.78 is 15.7. The first kappa shape index (κ1) is 18.9. The van der Waals surface area contributed by atoms with E-state index in [2.05, 4.69) is 25.0 Å². The van der Waals surface area contributed by atoms with E-state index >= 15 is 0 Å². The number of carbonyl (C=O) groups is 2. The van der Waals surface area contributed by atoms with Crippen molar-refractivity contribution in [1.82, 2.24) is 5.32 Å². The van der Waals surface area contributed by atoms with Crippen LogP contribution in [0.25, 0.3) is 0 Å². The Morgan fingerprint density at radius 2 is 1.65 bits per heavy atom. The van der Waals surface area contributed by atoms with Gasteiger partial charge in [-0.3, -0.25) is 4.79 Å². The van der Waals surface area contributed by atoms with Crippen LogP contribution < -0.4 is 5.32 Å². The van der Waals surface area contributed by atoms with Gasteiger partial charge in [0.2, 0.25) is 0 Å². The van der Waals surface area contributed by atoms with Crippen molar-refractivity contribution in [2.75, 3.05) is 13.2 Å². The fourth-order valence-electron chi connectivity index (χ4n) is 1.70. The molecule has 7 heteroatoms. The summed E-state index contributed by atoms with van der Waals surface area (Å²) in [4.78, 5) is 23.1. The highest BCUT2D eigenvalue weighted by Crippen LogP contribution is 2.13. The van der Waals surface area contributed by atoms with E-state index in [4.69, 9.17) is 13.9 Å². The van der Waals surface area contributed by atoms with Gasteiger partial charge in [0.25, 0.3) is 0 Å². The lowest BCUT2D eigenvalue weighted by Gasteiger charge is -2.30. The maximum atomic E-state index is 11.6. The van der Waals surface area contributed by atoms with Crippen molar-refractivity contribution in [3.63, 3.8) is 0 Å². The molecule has 0 aromatic rings. The third-order valence-electron chi connectivity index (χ3n) is 2.38. The minimum atomic E-state index is -1.77. The molecule has 0 spiro atoms. The zero-order valence-corrected chi connectivity index (χ0v) is 14.3. The van der Waals surface area contributed by atoms with E-state index in [0.29, 0.717) is 6.61 Å². The largest absolute Gasteiger partial charge is 0.466 e. The number of esters is 1. The van der Waals surface area contributed by atoms with Crippen LogP contribution in [0.15, 0.2) is 0 Å². The van der Waals surface area contributed by atoms with E-state index in [1.807, 2.05) is 6.92 Å². The lowest BCUT2D eigenvalue weighted by molar-refractivity contribution is -0.144. The van der Waals surface area contributed by atoms with Crippen LogP contribution in [-0.4, -0.2) is 45.7 Å². The summed E-state index contributed by atoms with van der Waals surface area (Å²) in [7, 11) is -1.77. The van der Waals surface area contributed by atoms with Crippen LogP contribution in [0, 0.1) is 0 Å². The van der Waals surface area contributed by atoms with E-state index in [9.17, 15) is 9.59 Å². The Hall–Kier alpha value is -1.08. The average molecular weight is 305 g/mol. The minimum absolute atomic E-state index is 0.0678. The maximum Gasteiger partial charge on any atom is 0.407 e. The number of ether oxygens (including phenoxy) is 2. The summed E-state index contributed by atoms with van der Waals surface area (Å²) >= 11 is 0. The van der Waals surface area contributed by atoms with Gasteiger partial charge in [0, 0.05) is 0 Å². The first-order valence-electron chi connectivity index (χ1n) is 6.96.